The van der Waals surface area contributed by atoms with Crippen molar-refractivity contribution in [1.82, 2.24) is 10.0 Å². The fraction of sp³-hybridized carbons (Fsp3) is 0.471. The molecule has 1 unspecified atom stereocenters. The van der Waals surface area contributed by atoms with Crippen molar-refractivity contribution in [2.24, 2.45) is 5.92 Å². The molecule has 0 saturated carbocycles. The average Bonchev–Trinajstić information content (AvgIpc) is 3.00. The molecule has 0 fully saturated rings. The first-order valence-electron chi connectivity index (χ1n) is 7.97. The van der Waals surface area contributed by atoms with E-state index in [9.17, 15) is 13.2 Å². The summed E-state index contributed by atoms with van der Waals surface area (Å²) >= 11 is 0. The number of amides is 1. The first kappa shape index (κ1) is 17.7. The van der Waals surface area contributed by atoms with E-state index in [-0.39, 0.29) is 10.8 Å². The smallest absolute Gasteiger partial charge is 0.240 e. The van der Waals surface area contributed by atoms with Crippen molar-refractivity contribution in [3.63, 3.8) is 0 Å². The van der Waals surface area contributed by atoms with E-state index in [1.165, 1.54) is 0 Å². The van der Waals surface area contributed by atoms with Gasteiger partial charge in [-0.2, -0.15) is 0 Å². The number of hydrogen-bond acceptors (Lipinski definition) is 3. The van der Waals surface area contributed by atoms with Gasteiger partial charge in [-0.1, -0.05) is 29.8 Å². The number of benzene rings is 1. The number of allylic oxidation sites excluding steroid dienone is 2. The zero-order valence-electron chi connectivity index (χ0n) is 13.4. The molecule has 1 aromatic rings. The first-order chi connectivity index (χ1) is 11.0. The summed E-state index contributed by atoms with van der Waals surface area (Å²) in [6.07, 6.45) is 7.39. The van der Waals surface area contributed by atoms with Gasteiger partial charge in [0.05, 0.1) is 4.90 Å². The van der Waals surface area contributed by atoms with Gasteiger partial charge in [0, 0.05) is 19.5 Å². The van der Waals surface area contributed by atoms with Gasteiger partial charge in [0.25, 0.3) is 0 Å². The molecular weight excluding hydrogens is 312 g/mol. The van der Waals surface area contributed by atoms with Crippen LogP contribution in [0.2, 0.25) is 0 Å². The number of carbonyl (C=O) groups is 1. The van der Waals surface area contributed by atoms with Crippen LogP contribution in [0.1, 0.15) is 31.2 Å². The van der Waals surface area contributed by atoms with Crippen LogP contribution in [0.5, 0.6) is 0 Å². The second kappa shape index (κ2) is 8.26. The largest absolute Gasteiger partial charge is 0.356 e. The molecule has 1 amide bonds. The summed E-state index contributed by atoms with van der Waals surface area (Å²) < 4.78 is 26.7. The molecule has 0 saturated heterocycles. The molecule has 2 N–H and O–H groups in total. The molecule has 5 nitrogen and oxygen atoms in total. The SMILES string of the molecule is Cc1ccc(S(=O)(=O)NCCCNC(=O)CC2C=CCC2)cc1. The number of hydrogen-bond donors (Lipinski definition) is 2. The fourth-order valence-electron chi connectivity index (χ4n) is 2.50. The second-order valence-corrected chi connectivity index (χ2v) is 7.65. The molecule has 0 spiro atoms. The fourth-order valence-corrected chi connectivity index (χ4v) is 3.57. The number of carbonyl (C=O) groups excluding carboxylic acids is 1. The zero-order valence-corrected chi connectivity index (χ0v) is 14.2. The predicted octanol–water partition coefficient (Wildman–Crippen LogP) is 2.14. The van der Waals surface area contributed by atoms with Crippen LogP contribution in [0.25, 0.3) is 0 Å². The molecule has 23 heavy (non-hydrogen) atoms. The number of nitrogens with one attached hydrogen (secondary N) is 2. The van der Waals surface area contributed by atoms with Gasteiger partial charge in [-0.25, -0.2) is 13.1 Å². The standard InChI is InChI=1S/C17H24N2O3S/c1-14-7-9-16(10-8-14)23(21,22)19-12-4-11-18-17(20)13-15-5-2-3-6-15/h2,5,7-10,15,19H,3-4,6,11-13H2,1H3,(H,18,20). The highest BCUT2D eigenvalue weighted by Gasteiger charge is 2.14. The molecule has 0 heterocycles. The molecule has 0 radical (unpaired) electrons. The van der Waals surface area contributed by atoms with Crippen LogP contribution in [0.15, 0.2) is 41.3 Å². The lowest BCUT2D eigenvalue weighted by Crippen LogP contribution is -2.30. The first-order valence-corrected chi connectivity index (χ1v) is 9.45. The van der Waals surface area contributed by atoms with Crippen molar-refractivity contribution in [2.75, 3.05) is 13.1 Å². The van der Waals surface area contributed by atoms with Gasteiger partial charge >= 0.3 is 0 Å². The Morgan fingerprint density at radius 2 is 1.96 bits per heavy atom. The molecule has 1 aromatic carbocycles. The topological polar surface area (TPSA) is 75.3 Å². The van der Waals surface area contributed by atoms with Crippen LogP contribution < -0.4 is 10.0 Å². The van der Waals surface area contributed by atoms with Gasteiger partial charge in [-0.3, -0.25) is 4.79 Å². The van der Waals surface area contributed by atoms with Crippen LogP contribution in [0.3, 0.4) is 0 Å². The maximum atomic E-state index is 12.1. The monoisotopic (exact) mass is 336 g/mol. The van der Waals surface area contributed by atoms with Crippen LogP contribution in [-0.2, 0) is 14.8 Å². The van der Waals surface area contributed by atoms with Crippen molar-refractivity contribution in [1.29, 1.82) is 0 Å². The van der Waals surface area contributed by atoms with E-state index in [0.717, 1.165) is 18.4 Å². The number of sulfonamides is 1. The minimum Gasteiger partial charge on any atom is -0.356 e. The van der Waals surface area contributed by atoms with E-state index < -0.39 is 10.0 Å². The molecule has 6 heteroatoms. The molecule has 1 aliphatic carbocycles. The Bertz CT molecular complexity index is 651. The summed E-state index contributed by atoms with van der Waals surface area (Å²) in [5.41, 5.74) is 1.02. The van der Waals surface area contributed by atoms with Crippen molar-refractivity contribution in [2.45, 2.75) is 37.5 Å². The summed E-state index contributed by atoms with van der Waals surface area (Å²) in [4.78, 5) is 12.0. The normalized spacial score (nSPS) is 17.3. The van der Waals surface area contributed by atoms with Crippen LogP contribution in [0.4, 0.5) is 0 Å². The van der Waals surface area contributed by atoms with Gasteiger partial charge in [0.15, 0.2) is 0 Å². The lowest BCUT2D eigenvalue weighted by atomic mass is 10.1. The Morgan fingerprint density at radius 3 is 2.61 bits per heavy atom. The summed E-state index contributed by atoms with van der Waals surface area (Å²) in [6.45, 7) is 2.69. The molecule has 126 valence electrons. The summed E-state index contributed by atoms with van der Waals surface area (Å²) in [5.74, 6) is 0.387. The number of aryl methyl sites for hydroxylation is 1. The van der Waals surface area contributed by atoms with E-state index in [1.54, 1.807) is 24.3 Å². The lowest BCUT2D eigenvalue weighted by molar-refractivity contribution is -0.121. The Hall–Kier alpha value is -1.66. The Morgan fingerprint density at radius 1 is 1.22 bits per heavy atom. The Balaban J connectivity index is 1.65. The third kappa shape index (κ3) is 5.80. The van der Waals surface area contributed by atoms with E-state index in [1.807, 2.05) is 6.92 Å². The summed E-state index contributed by atoms with van der Waals surface area (Å²) in [6, 6.07) is 6.72. The molecule has 0 bridgehead atoms. The molecule has 0 aliphatic heterocycles. The lowest BCUT2D eigenvalue weighted by Gasteiger charge is -2.09. The molecule has 2 rings (SSSR count). The van der Waals surface area contributed by atoms with Gasteiger partial charge in [0.2, 0.25) is 15.9 Å². The van der Waals surface area contributed by atoms with Crippen molar-refractivity contribution < 1.29 is 13.2 Å². The van der Waals surface area contributed by atoms with E-state index in [4.69, 9.17) is 0 Å². The Labute approximate surface area is 138 Å². The second-order valence-electron chi connectivity index (χ2n) is 5.88. The predicted molar refractivity (Wildman–Crippen MR) is 90.5 cm³/mol. The van der Waals surface area contributed by atoms with E-state index in [2.05, 4.69) is 22.2 Å². The zero-order chi connectivity index (χ0) is 16.7. The number of rotatable bonds is 8. The molecule has 0 aromatic heterocycles. The van der Waals surface area contributed by atoms with Gasteiger partial charge in [-0.05, 0) is 44.2 Å². The highest BCUT2D eigenvalue weighted by molar-refractivity contribution is 7.89. The molecule has 1 atom stereocenters. The minimum absolute atomic E-state index is 0.0305. The van der Waals surface area contributed by atoms with E-state index in [0.29, 0.717) is 31.8 Å². The highest BCUT2D eigenvalue weighted by atomic mass is 32.2. The van der Waals surface area contributed by atoms with Gasteiger partial charge < -0.3 is 5.32 Å². The quantitative estimate of drug-likeness (QED) is 0.564. The highest BCUT2D eigenvalue weighted by Crippen LogP contribution is 2.19. The summed E-state index contributed by atoms with van der Waals surface area (Å²) in [5, 5.41) is 2.84. The average molecular weight is 336 g/mol. The van der Waals surface area contributed by atoms with Crippen LogP contribution in [-0.4, -0.2) is 27.4 Å². The maximum Gasteiger partial charge on any atom is 0.240 e. The van der Waals surface area contributed by atoms with Crippen LogP contribution >= 0.6 is 0 Å². The van der Waals surface area contributed by atoms with Crippen molar-refractivity contribution in [3.8, 4) is 0 Å². The third-order valence-corrected chi connectivity index (χ3v) is 5.34. The summed E-state index contributed by atoms with van der Waals surface area (Å²) in [7, 11) is -3.47. The Kier molecular flexibility index (Phi) is 6.36. The van der Waals surface area contributed by atoms with Crippen molar-refractivity contribution >= 4 is 15.9 Å². The third-order valence-electron chi connectivity index (χ3n) is 3.86. The van der Waals surface area contributed by atoms with Crippen molar-refractivity contribution in [3.05, 3.63) is 42.0 Å². The minimum atomic E-state index is -3.47. The van der Waals surface area contributed by atoms with Gasteiger partial charge in [-0.15, -0.1) is 0 Å². The maximum absolute atomic E-state index is 12.1. The van der Waals surface area contributed by atoms with Crippen LogP contribution in [0, 0.1) is 12.8 Å². The molecular formula is C17H24N2O3S. The van der Waals surface area contributed by atoms with Gasteiger partial charge in [0.1, 0.15) is 0 Å². The van der Waals surface area contributed by atoms with E-state index >= 15 is 0 Å². The molecule has 1 aliphatic rings.